The van der Waals surface area contributed by atoms with Gasteiger partial charge < -0.3 is 10.0 Å². The van der Waals surface area contributed by atoms with Crippen LogP contribution in [0.3, 0.4) is 0 Å². The minimum atomic E-state index is -0.924. The van der Waals surface area contributed by atoms with Crippen LogP contribution < -0.4 is 0 Å². The van der Waals surface area contributed by atoms with Crippen molar-refractivity contribution in [3.05, 3.63) is 45.5 Å². The molecule has 1 saturated heterocycles. The van der Waals surface area contributed by atoms with Gasteiger partial charge in [-0.05, 0) is 25.5 Å². The van der Waals surface area contributed by atoms with Crippen LogP contribution >= 0.6 is 11.3 Å². The second-order valence-corrected chi connectivity index (χ2v) is 7.04. The molecule has 1 atom stereocenters. The van der Waals surface area contributed by atoms with E-state index in [0.29, 0.717) is 23.5 Å². The Morgan fingerprint density at radius 1 is 1.36 bits per heavy atom. The van der Waals surface area contributed by atoms with E-state index in [1.165, 1.54) is 28.4 Å². The number of thiazole rings is 1. The summed E-state index contributed by atoms with van der Waals surface area (Å²) in [5, 5.41) is 22.1. The van der Waals surface area contributed by atoms with Crippen molar-refractivity contribution in [2.75, 3.05) is 13.1 Å². The quantitative estimate of drug-likeness (QED) is 0.661. The largest absolute Gasteiger partial charge is 0.481 e. The maximum atomic E-state index is 12.5. The summed E-state index contributed by atoms with van der Waals surface area (Å²) in [6, 6.07) is 5.94. The van der Waals surface area contributed by atoms with Gasteiger partial charge in [0.2, 0.25) is 0 Å². The van der Waals surface area contributed by atoms with Gasteiger partial charge in [-0.2, -0.15) is 0 Å². The Kier molecular flexibility index (Phi) is 4.25. The third-order valence-corrected chi connectivity index (χ3v) is 5.22. The van der Waals surface area contributed by atoms with Gasteiger partial charge in [-0.1, -0.05) is 0 Å². The summed E-state index contributed by atoms with van der Waals surface area (Å²) in [5.41, 5.74) is 0.00781. The molecule has 2 aromatic rings. The molecular weight excluding hydrogens is 346 g/mol. The first-order valence-corrected chi connectivity index (χ1v) is 8.41. The van der Waals surface area contributed by atoms with Gasteiger partial charge in [-0.3, -0.25) is 19.7 Å². The first kappa shape index (κ1) is 17.0. The van der Waals surface area contributed by atoms with Crippen LogP contribution in [0, 0.1) is 15.5 Å². The predicted molar refractivity (Wildman–Crippen MR) is 90.5 cm³/mol. The molecule has 0 spiro atoms. The number of aromatic nitrogens is 1. The fourth-order valence-electron chi connectivity index (χ4n) is 2.70. The van der Waals surface area contributed by atoms with Gasteiger partial charge in [0.25, 0.3) is 11.6 Å². The first-order valence-electron chi connectivity index (χ1n) is 7.53. The van der Waals surface area contributed by atoms with Crippen LogP contribution in [-0.4, -0.2) is 44.9 Å². The van der Waals surface area contributed by atoms with Gasteiger partial charge in [-0.25, -0.2) is 4.98 Å². The molecular formula is C16H15N3O5S. The summed E-state index contributed by atoms with van der Waals surface area (Å²) in [4.78, 5) is 39.8. The number of benzene rings is 1. The Morgan fingerprint density at radius 2 is 2.04 bits per heavy atom. The van der Waals surface area contributed by atoms with E-state index in [1.54, 1.807) is 24.4 Å². The number of nitro benzene ring substituents is 1. The van der Waals surface area contributed by atoms with Crippen LogP contribution in [0.1, 0.15) is 23.8 Å². The highest BCUT2D eigenvalue weighted by molar-refractivity contribution is 7.13. The molecule has 130 valence electrons. The Bertz CT molecular complexity index is 848. The lowest BCUT2D eigenvalue weighted by molar-refractivity contribution is -0.384. The van der Waals surface area contributed by atoms with Gasteiger partial charge in [0.1, 0.15) is 10.7 Å². The van der Waals surface area contributed by atoms with E-state index in [9.17, 15) is 24.8 Å². The molecule has 3 rings (SSSR count). The number of hydrogen-bond donors (Lipinski definition) is 1. The number of carbonyl (C=O) groups excluding carboxylic acids is 1. The molecule has 0 aliphatic carbocycles. The number of nitrogens with zero attached hydrogens (tertiary/aromatic N) is 3. The van der Waals surface area contributed by atoms with Crippen molar-refractivity contribution >= 4 is 28.9 Å². The van der Waals surface area contributed by atoms with E-state index in [2.05, 4.69) is 4.98 Å². The van der Waals surface area contributed by atoms with Crippen molar-refractivity contribution in [1.82, 2.24) is 9.88 Å². The summed E-state index contributed by atoms with van der Waals surface area (Å²) in [7, 11) is 0. The van der Waals surface area contributed by atoms with Crippen LogP contribution in [0.15, 0.2) is 29.6 Å². The van der Waals surface area contributed by atoms with Crippen LogP contribution in [-0.2, 0) is 4.79 Å². The van der Waals surface area contributed by atoms with Crippen molar-refractivity contribution < 1.29 is 19.6 Å². The Balaban J connectivity index is 1.76. The fourth-order valence-corrected chi connectivity index (χ4v) is 3.50. The molecule has 8 nitrogen and oxygen atoms in total. The number of carboxylic acids is 1. The Labute approximate surface area is 146 Å². The highest BCUT2D eigenvalue weighted by Crippen LogP contribution is 2.32. The molecule has 1 N–H and O–H groups in total. The number of nitro groups is 1. The van der Waals surface area contributed by atoms with Crippen molar-refractivity contribution in [2.24, 2.45) is 5.41 Å². The van der Waals surface area contributed by atoms with Gasteiger partial charge >= 0.3 is 5.97 Å². The van der Waals surface area contributed by atoms with Crippen LogP contribution in [0.25, 0.3) is 10.6 Å². The topological polar surface area (TPSA) is 114 Å². The lowest BCUT2D eigenvalue weighted by atomic mass is 9.90. The number of likely N-dealkylation sites (tertiary alicyclic amines) is 1. The molecule has 1 aromatic heterocycles. The average Bonchev–Trinajstić information content (AvgIpc) is 3.22. The summed E-state index contributed by atoms with van der Waals surface area (Å²) in [6.45, 7) is 2.17. The molecule has 1 unspecified atom stereocenters. The lowest BCUT2D eigenvalue weighted by Crippen LogP contribution is -2.35. The van der Waals surface area contributed by atoms with Crippen molar-refractivity contribution in [1.29, 1.82) is 0 Å². The minimum absolute atomic E-state index is 0.0124. The van der Waals surface area contributed by atoms with Gasteiger partial charge in [0, 0.05) is 36.2 Å². The molecule has 9 heteroatoms. The number of carbonyl (C=O) groups is 2. The summed E-state index contributed by atoms with van der Waals surface area (Å²) < 4.78 is 0. The van der Waals surface area contributed by atoms with E-state index >= 15 is 0 Å². The Hall–Kier alpha value is -2.81. The monoisotopic (exact) mass is 361 g/mol. The number of non-ortho nitro benzene ring substituents is 1. The van der Waals surface area contributed by atoms with Crippen LogP contribution in [0.5, 0.6) is 0 Å². The standard InChI is InChI=1S/C16H15N3O5S/c1-16(15(21)22)6-7-18(9-16)14(20)12-8-25-13(17-12)10-2-4-11(5-3-10)19(23)24/h2-5,8H,6-7,9H2,1H3,(H,21,22). The molecule has 0 bridgehead atoms. The van der Waals surface area contributed by atoms with Gasteiger partial charge in [-0.15, -0.1) is 11.3 Å². The summed E-state index contributed by atoms with van der Waals surface area (Å²) in [6.07, 6.45) is 0.410. The van der Waals surface area contributed by atoms with Crippen molar-refractivity contribution in [3.63, 3.8) is 0 Å². The maximum absolute atomic E-state index is 12.5. The third-order valence-electron chi connectivity index (χ3n) is 4.33. The number of aliphatic carboxylic acids is 1. The number of rotatable bonds is 4. The zero-order valence-electron chi connectivity index (χ0n) is 13.3. The fraction of sp³-hybridized carbons (Fsp3) is 0.312. The van der Waals surface area contributed by atoms with Gasteiger partial charge in [0.15, 0.2) is 0 Å². The highest BCUT2D eigenvalue weighted by Gasteiger charge is 2.42. The zero-order valence-corrected chi connectivity index (χ0v) is 14.2. The molecule has 1 fully saturated rings. The lowest BCUT2D eigenvalue weighted by Gasteiger charge is -2.19. The number of amides is 1. The zero-order chi connectivity index (χ0) is 18.2. The van der Waals surface area contributed by atoms with Gasteiger partial charge in [0.05, 0.1) is 10.3 Å². The maximum Gasteiger partial charge on any atom is 0.311 e. The van der Waals surface area contributed by atoms with E-state index in [4.69, 9.17) is 0 Å². The van der Waals surface area contributed by atoms with Crippen LogP contribution in [0.4, 0.5) is 5.69 Å². The SMILES string of the molecule is CC1(C(=O)O)CCN(C(=O)c2csc(-c3ccc([N+](=O)[O-])cc3)n2)C1. The summed E-state index contributed by atoms with van der Waals surface area (Å²) in [5.74, 6) is -1.21. The molecule has 1 aliphatic heterocycles. The second-order valence-electron chi connectivity index (χ2n) is 6.18. The molecule has 1 aliphatic rings. The molecule has 1 amide bonds. The second kappa shape index (κ2) is 6.25. The van der Waals surface area contributed by atoms with Crippen LogP contribution in [0.2, 0.25) is 0 Å². The molecule has 25 heavy (non-hydrogen) atoms. The predicted octanol–water partition coefficient (Wildman–Crippen LogP) is 2.66. The minimum Gasteiger partial charge on any atom is -0.481 e. The smallest absolute Gasteiger partial charge is 0.311 e. The number of carboxylic acid groups (broad SMARTS) is 1. The van der Waals surface area contributed by atoms with Crippen molar-refractivity contribution in [2.45, 2.75) is 13.3 Å². The first-order chi connectivity index (χ1) is 11.8. The number of hydrogen-bond acceptors (Lipinski definition) is 6. The third kappa shape index (κ3) is 3.22. The highest BCUT2D eigenvalue weighted by atomic mass is 32.1. The van der Waals surface area contributed by atoms with E-state index in [-0.39, 0.29) is 23.8 Å². The van der Waals surface area contributed by atoms with Crippen molar-refractivity contribution in [3.8, 4) is 10.6 Å². The van der Waals surface area contributed by atoms with E-state index < -0.39 is 16.3 Å². The summed E-state index contributed by atoms with van der Waals surface area (Å²) >= 11 is 1.27. The molecule has 2 heterocycles. The van der Waals surface area contributed by atoms with E-state index in [1.807, 2.05) is 0 Å². The van der Waals surface area contributed by atoms with E-state index in [0.717, 1.165) is 0 Å². The molecule has 0 saturated carbocycles. The molecule has 1 aromatic carbocycles. The normalized spacial score (nSPS) is 19.8. The molecule has 0 radical (unpaired) electrons. The average molecular weight is 361 g/mol. The Morgan fingerprint density at radius 3 is 2.60 bits per heavy atom.